The van der Waals surface area contributed by atoms with Crippen LogP contribution in [0.5, 0.6) is 0 Å². The van der Waals surface area contributed by atoms with E-state index >= 15 is 0 Å². The van der Waals surface area contributed by atoms with E-state index in [1.165, 1.54) is 20.8 Å². The van der Waals surface area contributed by atoms with Crippen molar-refractivity contribution in [3.8, 4) is 0 Å². The van der Waals surface area contributed by atoms with Gasteiger partial charge < -0.3 is 15.7 Å². The van der Waals surface area contributed by atoms with Gasteiger partial charge >= 0.3 is 0 Å². The average Bonchev–Trinajstić information content (AvgIpc) is 2.78. The van der Waals surface area contributed by atoms with Crippen molar-refractivity contribution in [1.82, 2.24) is 15.5 Å². The molecule has 8 nitrogen and oxygen atoms in total. The summed E-state index contributed by atoms with van der Waals surface area (Å²) < 4.78 is 0. The first-order chi connectivity index (χ1) is 12.3. The maximum atomic E-state index is 13.0. The molecule has 1 aliphatic rings. The van der Waals surface area contributed by atoms with E-state index in [9.17, 15) is 24.3 Å². The van der Waals surface area contributed by atoms with Gasteiger partial charge in [-0.05, 0) is 40.7 Å². The summed E-state index contributed by atoms with van der Waals surface area (Å²) >= 11 is 0. The third-order valence-electron chi connectivity index (χ3n) is 5.40. The van der Waals surface area contributed by atoms with Crippen molar-refractivity contribution < 1.29 is 24.3 Å². The van der Waals surface area contributed by atoms with Gasteiger partial charge in [0.25, 0.3) is 0 Å². The third kappa shape index (κ3) is 4.38. The van der Waals surface area contributed by atoms with Gasteiger partial charge in [-0.25, -0.2) is 0 Å². The summed E-state index contributed by atoms with van der Waals surface area (Å²) in [5.74, 6) is -2.94. The second-order valence-corrected chi connectivity index (χ2v) is 8.28. The molecule has 5 atom stereocenters. The summed E-state index contributed by atoms with van der Waals surface area (Å²) in [5, 5.41) is 16.0. The molecule has 1 rings (SSSR count). The number of likely N-dealkylation sites (tertiary alicyclic amines) is 1. The van der Waals surface area contributed by atoms with Crippen LogP contribution in [0.3, 0.4) is 0 Å². The zero-order valence-corrected chi connectivity index (χ0v) is 17.5. The Morgan fingerprint density at radius 2 is 1.63 bits per heavy atom. The molecule has 0 aliphatic carbocycles. The maximum absolute atomic E-state index is 13.0. The minimum absolute atomic E-state index is 0.231. The highest BCUT2D eigenvalue weighted by Gasteiger charge is 2.57. The molecule has 0 unspecified atom stereocenters. The molecule has 0 radical (unpaired) electrons. The lowest BCUT2D eigenvalue weighted by Gasteiger charge is -2.31. The fraction of sp³-hybridized carbons (Fsp3) is 0.789. The molecular weight excluding hydrogens is 350 g/mol. The molecule has 0 bridgehead atoms. The van der Waals surface area contributed by atoms with Gasteiger partial charge in [-0.15, -0.1) is 0 Å². The van der Waals surface area contributed by atoms with Crippen LogP contribution in [0.1, 0.15) is 48.5 Å². The first-order valence-corrected chi connectivity index (χ1v) is 9.36. The molecule has 1 aliphatic heterocycles. The van der Waals surface area contributed by atoms with Crippen LogP contribution in [0.25, 0.3) is 0 Å². The number of hydrogen-bond donors (Lipinski definition) is 3. The Morgan fingerprint density at radius 1 is 1.11 bits per heavy atom. The number of aliphatic hydroxyl groups excluding tert-OH is 1. The van der Waals surface area contributed by atoms with Crippen LogP contribution in [0, 0.1) is 17.3 Å². The van der Waals surface area contributed by atoms with Gasteiger partial charge in [-0.1, -0.05) is 20.8 Å². The Labute approximate surface area is 161 Å². The smallest absolute Gasteiger partial charge is 0.243 e. The van der Waals surface area contributed by atoms with Gasteiger partial charge in [0.05, 0.1) is 24.1 Å². The van der Waals surface area contributed by atoms with E-state index in [-0.39, 0.29) is 17.6 Å². The van der Waals surface area contributed by atoms with Crippen LogP contribution in [0.4, 0.5) is 0 Å². The number of nitrogens with one attached hydrogen (secondary N) is 2. The lowest BCUT2D eigenvalue weighted by molar-refractivity contribution is -0.152. The van der Waals surface area contributed by atoms with Crippen LogP contribution in [0.15, 0.2) is 0 Å². The summed E-state index contributed by atoms with van der Waals surface area (Å²) in [5.41, 5.74) is -1.27. The van der Waals surface area contributed by atoms with E-state index in [4.69, 9.17) is 0 Å². The number of rotatable bonds is 7. The van der Waals surface area contributed by atoms with Crippen LogP contribution < -0.4 is 10.6 Å². The number of hydrogen-bond acceptors (Lipinski definition) is 6. The van der Waals surface area contributed by atoms with Crippen molar-refractivity contribution >= 4 is 23.5 Å². The van der Waals surface area contributed by atoms with E-state index < -0.39 is 47.4 Å². The van der Waals surface area contributed by atoms with Gasteiger partial charge in [0, 0.05) is 0 Å². The van der Waals surface area contributed by atoms with E-state index in [2.05, 4.69) is 10.6 Å². The molecule has 8 heteroatoms. The number of likely N-dealkylation sites (N-methyl/N-ethyl adjacent to an activating group) is 1. The van der Waals surface area contributed by atoms with E-state index in [1.807, 2.05) is 0 Å². The van der Waals surface area contributed by atoms with Crippen molar-refractivity contribution in [3.05, 3.63) is 0 Å². The van der Waals surface area contributed by atoms with Crippen molar-refractivity contribution in [2.75, 3.05) is 7.05 Å². The number of ketones is 1. The zero-order chi connectivity index (χ0) is 21.3. The average molecular weight is 383 g/mol. The van der Waals surface area contributed by atoms with Gasteiger partial charge in [0.2, 0.25) is 17.7 Å². The Bertz CT molecular complexity index is 616. The number of amides is 3. The molecule has 0 aromatic rings. The van der Waals surface area contributed by atoms with E-state index in [0.29, 0.717) is 0 Å². The predicted octanol–water partition coefficient (Wildman–Crippen LogP) is 0.0847. The molecule has 3 amide bonds. The Balaban J connectivity index is 3.00. The van der Waals surface area contributed by atoms with Crippen LogP contribution in [-0.2, 0) is 19.2 Å². The highest BCUT2D eigenvalue weighted by atomic mass is 16.3. The van der Waals surface area contributed by atoms with Gasteiger partial charge in [0.15, 0.2) is 5.78 Å². The topological polar surface area (TPSA) is 116 Å². The second kappa shape index (κ2) is 8.48. The van der Waals surface area contributed by atoms with Crippen molar-refractivity contribution in [2.24, 2.45) is 17.3 Å². The molecule has 1 fully saturated rings. The lowest BCUT2D eigenvalue weighted by Crippen LogP contribution is -2.54. The molecule has 154 valence electrons. The zero-order valence-electron chi connectivity index (χ0n) is 17.5. The van der Waals surface area contributed by atoms with Crippen LogP contribution in [-0.4, -0.2) is 64.8 Å². The Morgan fingerprint density at radius 3 is 2.07 bits per heavy atom. The molecule has 1 heterocycles. The molecule has 3 N–H and O–H groups in total. The van der Waals surface area contributed by atoms with Crippen molar-refractivity contribution in [1.29, 1.82) is 0 Å². The molecule has 0 aromatic carbocycles. The number of imide groups is 1. The Kier molecular flexibility index (Phi) is 7.30. The SMILES string of the molecule is CN[C@@H](C)C(=O)N[C@H](C)[C@H](O)[C@@H](C)C(=O)N1C(=O)C(C)(C)C(=O)[C@H]1C(C)C. The fourth-order valence-electron chi connectivity index (χ4n) is 3.22. The number of aliphatic hydroxyl groups is 1. The second-order valence-electron chi connectivity index (χ2n) is 8.28. The lowest BCUT2D eigenvalue weighted by atomic mass is 9.85. The Hall–Kier alpha value is -1.80. The fourth-order valence-corrected chi connectivity index (χ4v) is 3.22. The van der Waals surface area contributed by atoms with E-state index in [1.54, 1.807) is 34.7 Å². The molecule has 0 aromatic heterocycles. The molecule has 0 spiro atoms. The summed E-state index contributed by atoms with van der Waals surface area (Å²) in [6.07, 6.45) is -1.20. The molecule has 27 heavy (non-hydrogen) atoms. The maximum Gasteiger partial charge on any atom is 0.243 e. The van der Waals surface area contributed by atoms with Crippen LogP contribution >= 0.6 is 0 Å². The first kappa shape index (κ1) is 23.2. The van der Waals surface area contributed by atoms with E-state index in [0.717, 1.165) is 4.90 Å². The third-order valence-corrected chi connectivity index (χ3v) is 5.40. The normalized spacial score (nSPS) is 23.9. The summed E-state index contributed by atoms with van der Waals surface area (Å²) in [6, 6.07) is -2.00. The number of carbonyl (C=O) groups excluding carboxylic acids is 4. The largest absolute Gasteiger partial charge is 0.390 e. The van der Waals surface area contributed by atoms with Gasteiger partial charge in [-0.3, -0.25) is 24.1 Å². The molecule has 0 saturated carbocycles. The highest BCUT2D eigenvalue weighted by molar-refractivity contribution is 6.19. The first-order valence-electron chi connectivity index (χ1n) is 9.36. The van der Waals surface area contributed by atoms with Crippen LogP contribution in [0.2, 0.25) is 0 Å². The van der Waals surface area contributed by atoms with Crippen molar-refractivity contribution in [2.45, 2.75) is 72.7 Å². The monoisotopic (exact) mass is 383 g/mol. The standard InChI is InChI=1S/C19H33N3O5/c1-9(2)13-15(24)19(6,7)18(27)22(13)17(26)10(3)14(23)11(4)21-16(25)12(5)20-8/h9-14,20,23H,1-8H3,(H,21,25)/t10-,11-,12+,13-,14-/m1/s1. The quantitative estimate of drug-likeness (QED) is 0.537. The number of carbonyl (C=O) groups is 4. The number of nitrogens with zero attached hydrogens (tertiary/aromatic N) is 1. The number of Topliss-reactive ketones (excluding diaryl/α,β-unsaturated/α-hetero) is 1. The van der Waals surface area contributed by atoms with Crippen molar-refractivity contribution in [3.63, 3.8) is 0 Å². The minimum Gasteiger partial charge on any atom is -0.390 e. The summed E-state index contributed by atoms with van der Waals surface area (Å²) in [4.78, 5) is 51.3. The minimum atomic E-state index is -1.27. The molecular formula is C19H33N3O5. The van der Waals surface area contributed by atoms with Gasteiger partial charge in [0.1, 0.15) is 11.5 Å². The molecule has 1 saturated heterocycles. The summed E-state index contributed by atoms with van der Waals surface area (Å²) in [7, 11) is 1.64. The predicted molar refractivity (Wildman–Crippen MR) is 101 cm³/mol. The van der Waals surface area contributed by atoms with Gasteiger partial charge in [-0.2, -0.15) is 0 Å². The summed E-state index contributed by atoms with van der Waals surface area (Å²) in [6.45, 7) is 11.4. The highest BCUT2D eigenvalue weighted by Crippen LogP contribution is 2.36.